The second kappa shape index (κ2) is 6.07. The molecule has 0 saturated heterocycles. The summed E-state index contributed by atoms with van der Waals surface area (Å²) in [6, 6.07) is 0.441. The van der Waals surface area contributed by atoms with Crippen molar-refractivity contribution in [2.75, 3.05) is 0 Å². The molecule has 0 aromatic heterocycles. The van der Waals surface area contributed by atoms with Gasteiger partial charge in [0.1, 0.15) is 12.4 Å². The Kier molecular flexibility index (Phi) is 4.70. The molecule has 0 bridgehead atoms. The Morgan fingerprint density at radius 3 is 2.59 bits per heavy atom. The van der Waals surface area contributed by atoms with Crippen LogP contribution in [0.4, 0.5) is 13.2 Å². The summed E-state index contributed by atoms with van der Waals surface area (Å²) >= 11 is 2.84. The third-order valence-corrected chi connectivity index (χ3v) is 4.98. The molecule has 6 heteroatoms. The molecule has 0 N–H and O–H groups in total. The fourth-order valence-corrected chi connectivity index (χ4v) is 3.08. The van der Waals surface area contributed by atoms with E-state index >= 15 is 0 Å². The summed E-state index contributed by atoms with van der Waals surface area (Å²) in [5.41, 5.74) is -0.570. The van der Waals surface area contributed by atoms with Crippen molar-refractivity contribution in [2.24, 2.45) is 17.3 Å². The van der Waals surface area contributed by atoms with Crippen LogP contribution in [-0.2, 0) is 16.1 Å². The molecule has 0 aliphatic heterocycles. The third kappa shape index (κ3) is 2.93. The van der Waals surface area contributed by atoms with Gasteiger partial charge >= 0.3 is 5.97 Å². The zero-order valence-electron chi connectivity index (χ0n) is 12.4. The number of hydrogen-bond acceptors (Lipinski definition) is 2. The van der Waals surface area contributed by atoms with Crippen LogP contribution in [0.3, 0.4) is 0 Å². The minimum absolute atomic E-state index is 0.0579. The molecule has 1 aromatic carbocycles. The van der Waals surface area contributed by atoms with Crippen molar-refractivity contribution >= 4 is 21.9 Å². The molecule has 2 unspecified atom stereocenters. The highest BCUT2D eigenvalue weighted by Crippen LogP contribution is 2.59. The van der Waals surface area contributed by atoms with Crippen molar-refractivity contribution in [2.45, 2.75) is 27.4 Å². The number of hydrogen-bond donors (Lipinski definition) is 0. The molecule has 22 heavy (non-hydrogen) atoms. The molecule has 120 valence electrons. The van der Waals surface area contributed by atoms with Crippen LogP contribution < -0.4 is 0 Å². The lowest BCUT2D eigenvalue weighted by Crippen LogP contribution is -2.12. The highest BCUT2D eigenvalue weighted by atomic mass is 79.9. The number of rotatable bonds is 4. The zero-order chi connectivity index (χ0) is 16.7. The van der Waals surface area contributed by atoms with Crippen molar-refractivity contribution in [3.05, 3.63) is 45.7 Å². The average Bonchev–Trinajstić information content (AvgIpc) is 2.98. The number of carbonyl (C=O) groups is 1. The minimum Gasteiger partial charge on any atom is -0.460 e. The third-order valence-electron chi connectivity index (χ3n) is 4.13. The van der Waals surface area contributed by atoms with Gasteiger partial charge in [-0.3, -0.25) is 4.79 Å². The first-order valence-electron chi connectivity index (χ1n) is 6.83. The quantitative estimate of drug-likeness (QED) is 0.430. The molecular weight excluding hydrogens is 361 g/mol. The number of esters is 1. The summed E-state index contributed by atoms with van der Waals surface area (Å²) in [5.74, 6) is -4.24. The van der Waals surface area contributed by atoms with E-state index in [1.54, 1.807) is 0 Å². The van der Waals surface area contributed by atoms with Gasteiger partial charge in [-0.25, -0.2) is 13.2 Å². The smallest absolute Gasteiger partial charge is 0.310 e. The lowest BCUT2D eigenvalue weighted by molar-refractivity contribution is -0.147. The Labute approximate surface area is 135 Å². The van der Waals surface area contributed by atoms with E-state index in [0.717, 1.165) is 0 Å². The van der Waals surface area contributed by atoms with E-state index in [2.05, 4.69) is 15.9 Å². The maximum absolute atomic E-state index is 13.7. The van der Waals surface area contributed by atoms with E-state index in [-0.39, 0.29) is 27.3 Å². The van der Waals surface area contributed by atoms with Crippen LogP contribution in [0.15, 0.2) is 22.7 Å². The van der Waals surface area contributed by atoms with E-state index in [1.807, 2.05) is 32.9 Å². The Bertz CT molecular complexity index is 615. The van der Waals surface area contributed by atoms with Gasteiger partial charge in [0.05, 0.1) is 10.4 Å². The van der Waals surface area contributed by atoms with Gasteiger partial charge in [0.25, 0.3) is 0 Å². The maximum Gasteiger partial charge on any atom is 0.310 e. The molecule has 2 atom stereocenters. The SMILES string of the molecule is C/C=C\C1C(C(=O)OCc2c(F)c(F)cc(F)c2Br)C1(C)C. The summed E-state index contributed by atoms with van der Waals surface area (Å²) < 4.78 is 45.1. The monoisotopic (exact) mass is 376 g/mol. The lowest BCUT2D eigenvalue weighted by Gasteiger charge is -2.10. The van der Waals surface area contributed by atoms with Crippen molar-refractivity contribution in [3.63, 3.8) is 0 Å². The van der Waals surface area contributed by atoms with Gasteiger partial charge in [0.15, 0.2) is 11.6 Å². The number of allylic oxidation sites excluding steroid dienone is 2. The number of benzene rings is 1. The van der Waals surface area contributed by atoms with Gasteiger partial charge in [0.2, 0.25) is 0 Å². The molecular formula is C16H16BrF3O2. The van der Waals surface area contributed by atoms with Crippen molar-refractivity contribution in [3.8, 4) is 0 Å². The molecule has 1 fully saturated rings. The Hall–Kier alpha value is -1.30. The molecule has 1 aliphatic carbocycles. The Morgan fingerprint density at radius 1 is 1.36 bits per heavy atom. The number of halogens is 4. The van der Waals surface area contributed by atoms with Crippen LogP contribution in [-0.4, -0.2) is 5.97 Å². The standard InChI is InChI=1S/C16H16BrF3O2/c1-4-5-9-12(16(9,2)3)15(21)22-7-8-13(17)10(18)6-11(19)14(8)20/h4-6,9,12H,7H2,1-3H3/b5-4-. The van der Waals surface area contributed by atoms with Crippen molar-refractivity contribution in [1.82, 2.24) is 0 Å². The molecule has 2 rings (SSSR count). The first-order chi connectivity index (χ1) is 10.2. The number of ether oxygens (including phenoxy) is 1. The van der Waals surface area contributed by atoms with E-state index in [9.17, 15) is 18.0 Å². The van der Waals surface area contributed by atoms with Crippen LogP contribution in [0.1, 0.15) is 26.3 Å². The molecule has 0 heterocycles. The predicted molar refractivity (Wildman–Crippen MR) is 79.4 cm³/mol. The first-order valence-corrected chi connectivity index (χ1v) is 7.62. The van der Waals surface area contributed by atoms with Crippen molar-refractivity contribution in [1.29, 1.82) is 0 Å². The van der Waals surface area contributed by atoms with Crippen molar-refractivity contribution < 1.29 is 22.7 Å². The van der Waals surface area contributed by atoms with E-state index in [4.69, 9.17) is 4.74 Å². The largest absolute Gasteiger partial charge is 0.460 e. The second-order valence-electron chi connectivity index (χ2n) is 5.91. The maximum atomic E-state index is 13.7. The fourth-order valence-electron chi connectivity index (χ4n) is 2.68. The molecule has 0 amide bonds. The topological polar surface area (TPSA) is 26.3 Å². The van der Waals surface area contributed by atoms with Crippen LogP contribution in [0.2, 0.25) is 0 Å². The summed E-state index contributed by atoms with van der Waals surface area (Å²) in [4.78, 5) is 12.1. The summed E-state index contributed by atoms with van der Waals surface area (Å²) in [6.45, 7) is 5.21. The molecule has 0 spiro atoms. The summed E-state index contributed by atoms with van der Waals surface area (Å²) in [5, 5.41) is 0. The van der Waals surface area contributed by atoms with Gasteiger partial charge in [-0.15, -0.1) is 0 Å². The van der Waals surface area contributed by atoms with Gasteiger partial charge in [-0.2, -0.15) is 0 Å². The van der Waals surface area contributed by atoms with Gasteiger partial charge in [0, 0.05) is 11.6 Å². The zero-order valence-corrected chi connectivity index (χ0v) is 14.0. The van der Waals surface area contributed by atoms with Crippen LogP contribution in [0, 0.1) is 34.7 Å². The highest BCUT2D eigenvalue weighted by Gasteiger charge is 2.61. The Morgan fingerprint density at radius 2 is 2.00 bits per heavy atom. The Balaban J connectivity index is 2.10. The molecule has 1 aliphatic rings. The minimum atomic E-state index is -1.31. The highest BCUT2D eigenvalue weighted by molar-refractivity contribution is 9.10. The molecule has 1 saturated carbocycles. The average molecular weight is 377 g/mol. The van der Waals surface area contributed by atoms with Gasteiger partial charge < -0.3 is 4.74 Å². The van der Waals surface area contributed by atoms with Gasteiger partial charge in [-0.1, -0.05) is 26.0 Å². The fraction of sp³-hybridized carbons (Fsp3) is 0.438. The summed E-state index contributed by atoms with van der Waals surface area (Å²) in [7, 11) is 0. The number of carbonyl (C=O) groups excluding carboxylic acids is 1. The first kappa shape index (κ1) is 17.1. The molecule has 0 radical (unpaired) electrons. The molecule has 2 nitrogen and oxygen atoms in total. The van der Waals surface area contributed by atoms with E-state index < -0.39 is 30.0 Å². The normalized spacial score (nSPS) is 22.9. The van der Waals surface area contributed by atoms with Gasteiger partial charge in [-0.05, 0) is 34.2 Å². The predicted octanol–water partition coefficient (Wildman–Crippen LogP) is 4.76. The summed E-state index contributed by atoms with van der Waals surface area (Å²) in [6.07, 6.45) is 3.78. The lowest BCUT2D eigenvalue weighted by atomic mass is 10.1. The second-order valence-corrected chi connectivity index (χ2v) is 6.70. The van der Waals surface area contributed by atoms with Crippen LogP contribution in [0.25, 0.3) is 0 Å². The van der Waals surface area contributed by atoms with E-state index in [0.29, 0.717) is 6.07 Å². The molecule has 1 aromatic rings. The van der Waals surface area contributed by atoms with Crippen LogP contribution in [0.5, 0.6) is 0 Å². The van der Waals surface area contributed by atoms with E-state index in [1.165, 1.54) is 0 Å². The van der Waals surface area contributed by atoms with Crippen LogP contribution >= 0.6 is 15.9 Å².